The van der Waals surface area contributed by atoms with Crippen LogP contribution in [0, 0.1) is 0 Å². The van der Waals surface area contributed by atoms with E-state index >= 15 is 0 Å². The molecule has 4 heteroatoms. The molecule has 1 aliphatic carbocycles. The molecule has 1 fully saturated rings. The van der Waals surface area contributed by atoms with Crippen molar-refractivity contribution in [3.63, 3.8) is 0 Å². The minimum atomic E-state index is -0.262. The summed E-state index contributed by atoms with van der Waals surface area (Å²) in [4.78, 5) is 23.4. The standard InChI is InChI=1S/C14H16BrNO2/c15-11-7-5-10(6-8-11)9-14(18)16-12-3-1-2-4-13(12)17/h5-8,12H,1-4,9H2,(H,16,18). The molecule has 0 radical (unpaired) electrons. The van der Waals surface area contributed by atoms with Crippen molar-refractivity contribution in [3.05, 3.63) is 34.3 Å². The molecule has 1 amide bonds. The summed E-state index contributed by atoms with van der Waals surface area (Å²) in [6, 6.07) is 7.38. The third kappa shape index (κ3) is 3.67. The summed E-state index contributed by atoms with van der Waals surface area (Å²) in [5, 5.41) is 2.83. The number of hydrogen-bond acceptors (Lipinski definition) is 2. The predicted octanol–water partition coefficient (Wildman–Crippen LogP) is 2.62. The number of rotatable bonds is 3. The van der Waals surface area contributed by atoms with Crippen molar-refractivity contribution in [2.45, 2.75) is 38.1 Å². The van der Waals surface area contributed by atoms with Crippen LogP contribution in [0.3, 0.4) is 0 Å². The maximum Gasteiger partial charge on any atom is 0.224 e. The predicted molar refractivity (Wildman–Crippen MR) is 73.3 cm³/mol. The van der Waals surface area contributed by atoms with E-state index in [4.69, 9.17) is 0 Å². The largest absolute Gasteiger partial charge is 0.346 e. The minimum Gasteiger partial charge on any atom is -0.346 e. The smallest absolute Gasteiger partial charge is 0.224 e. The first-order chi connectivity index (χ1) is 8.65. The first-order valence-corrected chi connectivity index (χ1v) is 7.01. The van der Waals surface area contributed by atoms with Crippen LogP contribution in [0.25, 0.3) is 0 Å². The molecule has 1 aliphatic rings. The molecule has 1 aromatic carbocycles. The van der Waals surface area contributed by atoms with E-state index in [9.17, 15) is 9.59 Å². The number of hydrogen-bond donors (Lipinski definition) is 1. The van der Waals surface area contributed by atoms with Gasteiger partial charge in [-0.3, -0.25) is 9.59 Å². The number of Topliss-reactive ketones (excluding diaryl/α,β-unsaturated/α-hetero) is 1. The summed E-state index contributed by atoms with van der Waals surface area (Å²) >= 11 is 3.35. The molecule has 0 aromatic heterocycles. The van der Waals surface area contributed by atoms with Gasteiger partial charge in [0, 0.05) is 10.9 Å². The number of nitrogens with one attached hydrogen (secondary N) is 1. The zero-order chi connectivity index (χ0) is 13.0. The zero-order valence-corrected chi connectivity index (χ0v) is 11.7. The van der Waals surface area contributed by atoms with Crippen LogP contribution < -0.4 is 5.32 Å². The van der Waals surface area contributed by atoms with Crippen LogP contribution in [-0.2, 0) is 16.0 Å². The number of carbonyl (C=O) groups is 2. The Morgan fingerprint density at radius 3 is 2.67 bits per heavy atom. The molecule has 1 atom stereocenters. The molecule has 2 rings (SSSR count). The Morgan fingerprint density at radius 1 is 1.28 bits per heavy atom. The van der Waals surface area contributed by atoms with Crippen molar-refractivity contribution in [1.82, 2.24) is 5.32 Å². The van der Waals surface area contributed by atoms with Crippen LogP contribution in [0.15, 0.2) is 28.7 Å². The van der Waals surface area contributed by atoms with E-state index in [2.05, 4.69) is 21.2 Å². The lowest BCUT2D eigenvalue weighted by atomic mass is 9.94. The van der Waals surface area contributed by atoms with Crippen molar-refractivity contribution >= 4 is 27.6 Å². The molecular formula is C14H16BrNO2. The van der Waals surface area contributed by atoms with E-state index in [1.807, 2.05) is 24.3 Å². The average Bonchev–Trinajstić information content (AvgIpc) is 2.35. The zero-order valence-electron chi connectivity index (χ0n) is 10.1. The summed E-state index contributed by atoms with van der Waals surface area (Å²) < 4.78 is 0.995. The number of carbonyl (C=O) groups excluding carboxylic acids is 2. The molecule has 0 bridgehead atoms. The van der Waals surface area contributed by atoms with Crippen LogP contribution in [0.4, 0.5) is 0 Å². The fourth-order valence-electron chi connectivity index (χ4n) is 2.17. The molecular weight excluding hydrogens is 294 g/mol. The summed E-state index contributed by atoms with van der Waals surface area (Å²) in [5.74, 6) is 0.1000. The highest BCUT2D eigenvalue weighted by Crippen LogP contribution is 2.15. The molecule has 0 spiro atoms. The molecule has 1 aromatic rings. The van der Waals surface area contributed by atoms with Gasteiger partial charge in [-0.1, -0.05) is 34.5 Å². The van der Waals surface area contributed by atoms with E-state index < -0.39 is 0 Å². The Kier molecular flexibility index (Phi) is 4.53. The van der Waals surface area contributed by atoms with E-state index in [-0.39, 0.29) is 17.7 Å². The first kappa shape index (κ1) is 13.3. The maximum absolute atomic E-state index is 11.8. The summed E-state index contributed by atoms with van der Waals surface area (Å²) in [6.07, 6.45) is 3.69. The lowest BCUT2D eigenvalue weighted by Gasteiger charge is -2.21. The second-order valence-electron chi connectivity index (χ2n) is 4.64. The quantitative estimate of drug-likeness (QED) is 0.933. The van der Waals surface area contributed by atoms with Crippen molar-refractivity contribution in [2.75, 3.05) is 0 Å². The molecule has 96 valence electrons. The lowest BCUT2D eigenvalue weighted by Crippen LogP contribution is -2.43. The van der Waals surface area contributed by atoms with Gasteiger partial charge in [0.2, 0.25) is 5.91 Å². The number of ketones is 1. The molecule has 0 saturated heterocycles. The monoisotopic (exact) mass is 309 g/mol. The van der Waals surface area contributed by atoms with Crippen molar-refractivity contribution in [3.8, 4) is 0 Å². The Balaban J connectivity index is 1.88. The fraction of sp³-hybridized carbons (Fsp3) is 0.429. The SMILES string of the molecule is O=C(Cc1ccc(Br)cc1)NC1CCCCC1=O. The normalized spacial score (nSPS) is 19.6. The summed E-state index contributed by atoms with van der Waals surface area (Å²) in [7, 11) is 0. The third-order valence-electron chi connectivity index (χ3n) is 3.17. The van der Waals surface area contributed by atoms with Gasteiger partial charge in [-0.2, -0.15) is 0 Å². The fourth-order valence-corrected chi connectivity index (χ4v) is 2.43. The van der Waals surface area contributed by atoms with Crippen LogP contribution in [0.1, 0.15) is 31.2 Å². The van der Waals surface area contributed by atoms with E-state index in [0.29, 0.717) is 12.8 Å². The Labute approximate surface area is 115 Å². The van der Waals surface area contributed by atoms with Gasteiger partial charge in [-0.25, -0.2) is 0 Å². The molecule has 18 heavy (non-hydrogen) atoms. The number of halogens is 1. The highest BCUT2D eigenvalue weighted by Gasteiger charge is 2.23. The van der Waals surface area contributed by atoms with Crippen LogP contribution in [-0.4, -0.2) is 17.7 Å². The average molecular weight is 310 g/mol. The number of benzene rings is 1. The van der Waals surface area contributed by atoms with Gasteiger partial charge in [0.15, 0.2) is 5.78 Å². The highest BCUT2D eigenvalue weighted by atomic mass is 79.9. The Hall–Kier alpha value is -1.16. The molecule has 0 heterocycles. The Bertz CT molecular complexity index is 442. The van der Waals surface area contributed by atoms with E-state index in [0.717, 1.165) is 29.3 Å². The topological polar surface area (TPSA) is 46.2 Å². The lowest BCUT2D eigenvalue weighted by molar-refractivity contribution is -0.128. The minimum absolute atomic E-state index is 0.0717. The number of amides is 1. The van der Waals surface area contributed by atoms with Gasteiger partial charge in [-0.15, -0.1) is 0 Å². The molecule has 1 unspecified atom stereocenters. The maximum atomic E-state index is 11.8. The van der Waals surface area contributed by atoms with Crippen LogP contribution >= 0.6 is 15.9 Å². The van der Waals surface area contributed by atoms with E-state index in [1.165, 1.54) is 0 Å². The van der Waals surface area contributed by atoms with Crippen LogP contribution in [0.2, 0.25) is 0 Å². The summed E-state index contributed by atoms with van der Waals surface area (Å²) in [6.45, 7) is 0. The van der Waals surface area contributed by atoms with E-state index in [1.54, 1.807) is 0 Å². The summed E-state index contributed by atoms with van der Waals surface area (Å²) in [5.41, 5.74) is 0.957. The van der Waals surface area contributed by atoms with Gasteiger partial charge in [-0.05, 0) is 30.5 Å². The van der Waals surface area contributed by atoms with Gasteiger partial charge in [0.05, 0.1) is 12.5 Å². The van der Waals surface area contributed by atoms with Gasteiger partial charge in [0.25, 0.3) is 0 Å². The van der Waals surface area contributed by atoms with Crippen molar-refractivity contribution in [2.24, 2.45) is 0 Å². The van der Waals surface area contributed by atoms with Gasteiger partial charge < -0.3 is 5.32 Å². The van der Waals surface area contributed by atoms with Crippen molar-refractivity contribution in [1.29, 1.82) is 0 Å². The third-order valence-corrected chi connectivity index (χ3v) is 3.70. The van der Waals surface area contributed by atoms with Crippen molar-refractivity contribution < 1.29 is 9.59 Å². The second kappa shape index (κ2) is 6.14. The molecule has 0 aliphatic heterocycles. The van der Waals surface area contributed by atoms with Gasteiger partial charge in [0.1, 0.15) is 0 Å². The van der Waals surface area contributed by atoms with Gasteiger partial charge >= 0.3 is 0 Å². The molecule has 1 saturated carbocycles. The Morgan fingerprint density at radius 2 is 2.00 bits per heavy atom. The molecule has 1 N–H and O–H groups in total. The van der Waals surface area contributed by atoms with Crippen LogP contribution in [0.5, 0.6) is 0 Å². The first-order valence-electron chi connectivity index (χ1n) is 6.21. The molecule has 3 nitrogen and oxygen atoms in total. The second-order valence-corrected chi connectivity index (χ2v) is 5.55. The highest BCUT2D eigenvalue weighted by molar-refractivity contribution is 9.10.